The number of carboxylic acids is 1. The first-order valence-electron chi connectivity index (χ1n) is 5.51. The van der Waals surface area contributed by atoms with Gasteiger partial charge in [0.05, 0.1) is 11.3 Å². The second-order valence-corrected chi connectivity index (χ2v) is 5.44. The van der Waals surface area contributed by atoms with Crippen molar-refractivity contribution in [2.24, 2.45) is 0 Å². The number of benzene rings is 2. The van der Waals surface area contributed by atoms with Crippen molar-refractivity contribution in [3.63, 3.8) is 0 Å². The van der Waals surface area contributed by atoms with Crippen molar-refractivity contribution in [1.82, 2.24) is 0 Å². The Morgan fingerprint density at radius 2 is 1.65 bits per heavy atom. The Kier molecular flexibility index (Phi) is 3.47. The Hall–Kier alpha value is -2.38. The fourth-order valence-electron chi connectivity index (χ4n) is 1.92. The molecule has 0 aromatic heterocycles. The fourth-order valence-corrected chi connectivity index (χ4v) is 2.54. The van der Waals surface area contributed by atoms with E-state index in [0.29, 0.717) is 5.56 Å². The normalized spacial score (nSPS) is 11.2. The summed E-state index contributed by atoms with van der Waals surface area (Å²) in [7, 11) is -4.52. The summed E-state index contributed by atoms with van der Waals surface area (Å²) in [4.78, 5) is 10.7. The molecule has 7 heteroatoms. The standard InChI is InChI=1S/C13H11NO5S/c14-12-10(20(17,18)19)7-6-9(13(15)16)11(12)8-4-2-1-3-5-8/h1-7H,14H2,(H,15,16)(H,17,18,19). The molecule has 0 spiro atoms. The second kappa shape index (κ2) is 4.95. The van der Waals surface area contributed by atoms with E-state index in [1.165, 1.54) is 0 Å². The molecule has 0 fully saturated rings. The van der Waals surface area contributed by atoms with Crippen LogP contribution in [-0.2, 0) is 10.1 Å². The molecule has 2 rings (SSSR count). The van der Waals surface area contributed by atoms with Gasteiger partial charge in [0, 0.05) is 5.56 Å². The number of aromatic carboxylic acids is 1. The number of nitrogen functional groups attached to an aromatic ring is 1. The van der Waals surface area contributed by atoms with Crippen LogP contribution in [0.15, 0.2) is 47.4 Å². The van der Waals surface area contributed by atoms with Crippen molar-refractivity contribution in [2.75, 3.05) is 5.73 Å². The molecule has 104 valence electrons. The molecule has 0 saturated carbocycles. The Morgan fingerprint density at radius 3 is 2.15 bits per heavy atom. The van der Waals surface area contributed by atoms with Crippen molar-refractivity contribution in [3.05, 3.63) is 48.0 Å². The molecule has 6 nitrogen and oxygen atoms in total. The lowest BCUT2D eigenvalue weighted by Gasteiger charge is -2.12. The van der Waals surface area contributed by atoms with Gasteiger partial charge in [0.2, 0.25) is 0 Å². The summed E-state index contributed by atoms with van der Waals surface area (Å²) in [6.45, 7) is 0. The van der Waals surface area contributed by atoms with Crippen LogP contribution in [0.3, 0.4) is 0 Å². The van der Waals surface area contributed by atoms with Crippen LogP contribution in [0, 0.1) is 0 Å². The molecule has 0 atom stereocenters. The number of hydrogen-bond acceptors (Lipinski definition) is 4. The summed E-state index contributed by atoms with van der Waals surface area (Å²) in [5.41, 5.74) is 5.82. The van der Waals surface area contributed by atoms with E-state index in [-0.39, 0.29) is 16.8 Å². The number of nitrogens with two attached hydrogens (primary N) is 1. The summed E-state index contributed by atoms with van der Waals surface area (Å²) >= 11 is 0. The van der Waals surface area contributed by atoms with Crippen molar-refractivity contribution >= 4 is 21.8 Å². The predicted octanol–water partition coefficient (Wildman–Crippen LogP) is 1.88. The summed E-state index contributed by atoms with van der Waals surface area (Å²) in [5.74, 6) is -1.24. The number of hydrogen-bond donors (Lipinski definition) is 3. The van der Waals surface area contributed by atoms with Crippen LogP contribution in [0.1, 0.15) is 10.4 Å². The predicted molar refractivity (Wildman–Crippen MR) is 73.1 cm³/mol. The minimum atomic E-state index is -4.52. The highest BCUT2D eigenvalue weighted by Gasteiger charge is 2.22. The first-order chi connectivity index (χ1) is 9.32. The highest BCUT2D eigenvalue weighted by Crippen LogP contribution is 2.34. The van der Waals surface area contributed by atoms with E-state index in [9.17, 15) is 18.3 Å². The van der Waals surface area contributed by atoms with Crippen molar-refractivity contribution in [3.8, 4) is 11.1 Å². The van der Waals surface area contributed by atoms with Gasteiger partial charge in [-0.1, -0.05) is 30.3 Å². The lowest BCUT2D eigenvalue weighted by molar-refractivity contribution is 0.0697. The highest BCUT2D eigenvalue weighted by molar-refractivity contribution is 7.86. The van der Waals surface area contributed by atoms with E-state index in [1.54, 1.807) is 30.3 Å². The lowest BCUT2D eigenvalue weighted by Crippen LogP contribution is -2.09. The number of rotatable bonds is 3. The maximum atomic E-state index is 11.2. The van der Waals surface area contributed by atoms with Gasteiger partial charge in [-0.3, -0.25) is 4.55 Å². The largest absolute Gasteiger partial charge is 0.478 e. The fraction of sp³-hybridized carbons (Fsp3) is 0. The number of carboxylic acid groups (broad SMARTS) is 1. The first-order valence-corrected chi connectivity index (χ1v) is 6.95. The molecule has 0 aliphatic heterocycles. The lowest BCUT2D eigenvalue weighted by atomic mass is 9.98. The van der Waals surface area contributed by atoms with Gasteiger partial charge in [-0.15, -0.1) is 0 Å². The van der Waals surface area contributed by atoms with E-state index >= 15 is 0 Å². The Morgan fingerprint density at radius 1 is 1.05 bits per heavy atom. The van der Waals surface area contributed by atoms with E-state index < -0.39 is 21.0 Å². The molecule has 4 N–H and O–H groups in total. The van der Waals surface area contributed by atoms with Crippen LogP contribution < -0.4 is 5.73 Å². The van der Waals surface area contributed by atoms with Gasteiger partial charge in [-0.25, -0.2) is 4.79 Å². The molecular weight excluding hydrogens is 282 g/mol. The van der Waals surface area contributed by atoms with Crippen LogP contribution in [0.25, 0.3) is 11.1 Å². The molecule has 0 aliphatic rings. The van der Waals surface area contributed by atoms with Gasteiger partial charge < -0.3 is 10.8 Å². The van der Waals surface area contributed by atoms with Gasteiger partial charge in [0.25, 0.3) is 10.1 Å². The molecule has 20 heavy (non-hydrogen) atoms. The maximum Gasteiger partial charge on any atom is 0.336 e. The van der Waals surface area contributed by atoms with Gasteiger partial charge in [-0.05, 0) is 17.7 Å². The van der Waals surface area contributed by atoms with Gasteiger partial charge in [-0.2, -0.15) is 8.42 Å². The van der Waals surface area contributed by atoms with Gasteiger partial charge in [0.1, 0.15) is 4.90 Å². The third-order valence-electron chi connectivity index (χ3n) is 2.78. The zero-order valence-corrected chi connectivity index (χ0v) is 11.0. The highest BCUT2D eigenvalue weighted by atomic mass is 32.2. The van der Waals surface area contributed by atoms with Crippen molar-refractivity contribution in [2.45, 2.75) is 4.90 Å². The zero-order chi connectivity index (χ0) is 14.9. The van der Waals surface area contributed by atoms with Crippen LogP contribution in [0.5, 0.6) is 0 Å². The van der Waals surface area contributed by atoms with Crippen LogP contribution >= 0.6 is 0 Å². The van der Waals surface area contributed by atoms with Crippen molar-refractivity contribution in [1.29, 1.82) is 0 Å². The minimum absolute atomic E-state index is 0.0632. The summed E-state index contributed by atoms with van der Waals surface area (Å²) < 4.78 is 31.6. The molecule has 2 aromatic rings. The van der Waals surface area contributed by atoms with Crippen LogP contribution in [0.2, 0.25) is 0 Å². The summed E-state index contributed by atoms with van der Waals surface area (Å²) in [6.07, 6.45) is 0. The summed E-state index contributed by atoms with van der Waals surface area (Å²) in [5, 5.41) is 9.18. The SMILES string of the molecule is Nc1c(S(=O)(=O)O)ccc(C(=O)O)c1-c1ccccc1. The number of anilines is 1. The van der Waals surface area contributed by atoms with Crippen LogP contribution in [-0.4, -0.2) is 24.0 Å². The molecule has 2 aromatic carbocycles. The second-order valence-electron chi connectivity index (χ2n) is 4.05. The zero-order valence-electron chi connectivity index (χ0n) is 10.1. The average molecular weight is 293 g/mol. The first kappa shape index (κ1) is 14.0. The third kappa shape index (κ3) is 2.49. The van der Waals surface area contributed by atoms with E-state index in [4.69, 9.17) is 10.3 Å². The molecule has 0 amide bonds. The Labute approximate surface area is 115 Å². The van der Waals surface area contributed by atoms with E-state index in [1.807, 2.05) is 0 Å². The molecule has 0 aliphatic carbocycles. The van der Waals surface area contributed by atoms with E-state index in [0.717, 1.165) is 12.1 Å². The average Bonchev–Trinajstić information content (AvgIpc) is 2.37. The molecule has 0 bridgehead atoms. The minimum Gasteiger partial charge on any atom is -0.478 e. The summed E-state index contributed by atoms with van der Waals surface area (Å²) in [6, 6.07) is 10.3. The monoisotopic (exact) mass is 293 g/mol. The molecule has 0 heterocycles. The molecule has 0 saturated heterocycles. The number of carbonyl (C=O) groups is 1. The third-order valence-corrected chi connectivity index (χ3v) is 3.69. The van der Waals surface area contributed by atoms with Crippen LogP contribution in [0.4, 0.5) is 5.69 Å². The van der Waals surface area contributed by atoms with Gasteiger partial charge in [0.15, 0.2) is 0 Å². The smallest absolute Gasteiger partial charge is 0.336 e. The Balaban J connectivity index is 2.85. The molecule has 0 radical (unpaired) electrons. The maximum absolute atomic E-state index is 11.2. The molecule has 0 unspecified atom stereocenters. The topological polar surface area (TPSA) is 118 Å². The van der Waals surface area contributed by atoms with Crippen molar-refractivity contribution < 1.29 is 22.9 Å². The van der Waals surface area contributed by atoms with E-state index in [2.05, 4.69) is 0 Å². The van der Waals surface area contributed by atoms with Gasteiger partial charge >= 0.3 is 5.97 Å². The Bertz CT molecular complexity index is 769. The quantitative estimate of drug-likeness (QED) is 0.587. The molecular formula is C13H11NO5S.